The third-order valence-corrected chi connectivity index (χ3v) is 6.47. The number of halogens is 2. The Morgan fingerprint density at radius 3 is 2.68 bits per heavy atom. The van der Waals surface area contributed by atoms with Gasteiger partial charge in [-0.05, 0) is 37.0 Å². The fourth-order valence-corrected chi connectivity index (χ4v) is 4.24. The van der Waals surface area contributed by atoms with Gasteiger partial charge in [0, 0.05) is 6.61 Å². The molecule has 3 nitrogen and oxygen atoms in total. The van der Waals surface area contributed by atoms with E-state index < -0.39 is 15.1 Å². The molecule has 0 amide bonds. The zero-order chi connectivity index (χ0) is 14.0. The molecule has 1 heterocycles. The lowest BCUT2D eigenvalue weighted by molar-refractivity contribution is 0.188. The van der Waals surface area contributed by atoms with Crippen molar-refractivity contribution in [3.63, 3.8) is 0 Å². The van der Waals surface area contributed by atoms with Gasteiger partial charge in [-0.15, -0.1) is 0 Å². The third kappa shape index (κ3) is 3.63. The lowest BCUT2D eigenvalue weighted by atomic mass is 10.1. The van der Waals surface area contributed by atoms with Gasteiger partial charge in [-0.3, -0.25) is 0 Å². The molecule has 106 valence electrons. The van der Waals surface area contributed by atoms with E-state index in [0.717, 1.165) is 6.42 Å². The van der Waals surface area contributed by atoms with Crippen LogP contribution in [0.5, 0.6) is 0 Å². The summed E-state index contributed by atoms with van der Waals surface area (Å²) >= 11 is 11.8. The number of rotatable bonds is 4. The molecule has 2 rings (SSSR count). The predicted octanol–water partition coefficient (Wildman–Crippen LogP) is 3.51. The van der Waals surface area contributed by atoms with E-state index in [1.54, 1.807) is 25.1 Å². The number of sulfone groups is 1. The van der Waals surface area contributed by atoms with Gasteiger partial charge in [-0.2, -0.15) is 0 Å². The van der Waals surface area contributed by atoms with E-state index >= 15 is 0 Å². The van der Waals surface area contributed by atoms with Crippen LogP contribution in [0.2, 0.25) is 10.0 Å². The van der Waals surface area contributed by atoms with Crippen molar-refractivity contribution in [2.24, 2.45) is 5.92 Å². The van der Waals surface area contributed by atoms with Crippen molar-refractivity contribution in [2.45, 2.75) is 18.6 Å². The van der Waals surface area contributed by atoms with E-state index in [4.69, 9.17) is 27.9 Å². The molecule has 0 aliphatic carbocycles. The van der Waals surface area contributed by atoms with Gasteiger partial charge in [0.05, 0.1) is 27.7 Å². The molecule has 0 bridgehead atoms. The summed E-state index contributed by atoms with van der Waals surface area (Å²) in [5.74, 6) is 0.268. The van der Waals surface area contributed by atoms with Crippen molar-refractivity contribution in [2.75, 3.05) is 19.0 Å². The first-order valence-corrected chi connectivity index (χ1v) is 8.61. The van der Waals surface area contributed by atoms with E-state index in [1.165, 1.54) is 0 Å². The molecule has 1 saturated heterocycles. The smallest absolute Gasteiger partial charge is 0.157 e. The summed E-state index contributed by atoms with van der Waals surface area (Å²) in [5, 5.41) is 0.229. The van der Waals surface area contributed by atoms with E-state index in [0.29, 0.717) is 28.8 Å². The minimum atomic E-state index is -3.21. The summed E-state index contributed by atoms with van der Waals surface area (Å²) < 4.78 is 29.9. The SMILES string of the molecule is CC(c1ccc(Cl)c(Cl)c1)S(=O)(=O)CC1CCOC1. The first-order chi connectivity index (χ1) is 8.90. The zero-order valence-corrected chi connectivity index (χ0v) is 12.9. The molecule has 0 spiro atoms. The molecule has 6 heteroatoms. The van der Waals surface area contributed by atoms with E-state index in [1.807, 2.05) is 0 Å². The highest BCUT2D eigenvalue weighted by atomic mass is 35.5. The lowest BCUT2D eigenvalue weighted by Gasteiger charge is -2.16. The van der Waals surface area contributed by atoms with Gasteiger partial charge in [0.1, 0.15) is 0 Å². The quantitative estimate of drug-likeness (QED) is 0.852. The van der Waals surface area contributed by atoms with Crippen LogP contribution in [-0.4, -0.2) is 27.4 Å². The maximum Gasteiger partial charge on any atom is 0.157 e. The van der Waals surface area contributed by atoms with Crippen LogP contribution < -0.4 is 0 Å². The average molecular weight is 323 g/mol. The van der Waals surface area contributed by atoms with E-state index in [9.17, 15) is 8.42 Å². The topological polar surface area (TPSA) is 43.4 Å². The van der Waals surface area contributed by atoms with Gasteiger partial charge < -0.3 is 4.74 Å². The van der Waals surface area contributed by atoms with E-state index in [2.05, 4.69) is 0 Å². The second-order valence-electron chi connectivity index (χ2n) is 4.87. The zero-order valence-electron chi connectivity index (χ0n) is 10.6. The molecular weight excluding hydrogens is 307 g/mol. The first kappa shape index (κ1) is 15.1. The van der Waals surface area contributed by atoms with Crippen molar-refractivity contribution in [3.8, 4) is 0 Å². The highest BCUT2D eigenvalue weighted by Crippen LogP contribution is 2.30. The van der Waals surface area contributed by atoms with Gasteiger partial charge >= 0.3 is 0 Å². The molecule has 0 N–H and O–H groups in total. The van der Waals surface area contributed by atoms with Crippen LogP contribution in [-0.2, 0) is 14.6 Å². The number of benzene rings is 1. The van der Waals surface area contributed by atoms with Crippen LogP contribution in [0.3, 0.4) is 0 Å². The number of hydrogen-bond donors (Lipinski definition) is 0. The highest BCUT2D eigenvalue weighted by Gasteiger charge is 2.28. The summed E-state index contributed by atoms with van der Waals surface area (Å²) in [6.45, 7) is 2.87. The van der Waals surface area contributed by atoms with Crippen LogP contribution in [0.15, 0.2) is 18.2 Å². The Morgan fingerprint density at radius 2 is 2.11 bits per heavy atom. The molecule has 1 fully saturated rings. The third-order valence-electron chi connectivity index (χ3n) is 3.44. The fourth-order valence-electron chi connectivity index (χ4n) is 2.16. The van der Waals surface area contributed by atoms with Gasteiger partial charge in [0.2, 0.25) is 0 Å². The summed E-state index contributed by atoms with van der Waals surface area (Å²) in [4.78, 5) is 0. The van der Waals surface area contributed by atoms with Gasteiger partial charge in [0.25, 0.3) is 0 Å². The summed E-state index contributed by atoms with van der Waals surface area (Å²) in [6.07, 6.45) is 0.813. The second-order valence-corrected chi connectivity index (χ2v) is 8.06. The molecule has 1 aliphatic rings. The minimum absolute atomic E-state index is 0.107. The standard InChI is InChI=1S/C13H16Cl2O3S/c1-9(11-2-3-12(14)13(15)6-11)19(16,17)8-10-4-5-18-7-10/h2-3,6,9-10H,4-5,7-8H2,1H3. The molecule has 2 atom stereocenters. The van der Waals surface area contributed by atoms with Crippen molar-refractivity contribution in [1.82, 2.24) is 0 Å². The molecule has 0 saturated carbocycles. The largest absolute Gasteiger partial charge is 0.381 e. The molecule has 1 aromatic rings. The second kappa shape index (κ2) is 6.00. The Labute approximate surface area is 123 Å². The first-order valence-electron chi connectivity index (χ1n) is 6.14. The predicted molar refractivity (Wildman–Crippen MR) is 77.6 cm³/mol. The molecule has 1 aliphatic heterocycles. The molecule has 2 unspecified atom stereocenters. The Bertz CT molecular complexity index is 551. The minimum Gasteiger partial charge on any atom is -0.381 e. The Balaban J connectivity index is 2.16. The normalized spacial score (nSPS) is 21.5. The van der Waals surface area contributed by atoms with Crippen LogP contribution >= 0.6 is 23.2 Å². The number of hydrogen-bond acceptors (Lipinski definition) is 3. The summed E-state index contributed by atoms with van der Waals surface area (Å²) in [7, 11) is -3.21. The van der Waals surface area contributed by atoms with Crippen molar-refractivity contribution >= 4 is 33.0 Å². The van der Waals surface area contributed by atoms with Crippen LogP contribution in [0.4, 0.5) is 0 Å². The van der Waals surface area contributed by atoms with Crippen LogP contribution in [0, 0.1) is 5.92 Å². The van der Waals surface area contributed by atoms with Crippen molar-refractivity contribution in [1.29, 1.82) is 0 Å². The van der Waals surface area contributed by atoms with E-state index in [-0.39, 0.29) is 11.7 Å². The van der Waals surface area contributed by atoms with Gasteiger partial charge in [-0.25, -0.2) is 8.42 Å². The molecule has 19 heavy (non-hydrogen) atoms. The van der Waals surface area contributed by atoms with Gasteiger partial charge in [0.15, 0.2) is 9.84 Å². The Kier molecular flexibility index (Phi) is 4.77. The molecule has 0 radical (unpaired) electrons. The maximum absolute atomic E-state index is 12.4. The fraction of sp³-hybridized carbons (Fsp3) is 0.538. The Morgan fingerprint density at radius 1 is 1.37 bits per heavy atom. The Hall–Kier alpha value is -0.290. The summed E-state index contributed by atoms with van der Waals surface area (Å²) in [6, 6.07) is 4.96. The monoisotopic (exact) mass is 322 g/mol. The number of ether oxygens (including phenoxy) is 1. The highest BCUT2D eigenvalue weighted by molar-refractivity contribution is 7.91. The lowest BCUT2D eigenvalue weighted by Crippen LogP contribution is -2.21. The van der Waals surface area contributed by atoms with Gasteiger partial charge in [-0.1, -0.05) is 29.3 Å². The molecule has 1 aromatic carbocycles. The molecule has 0 aromatic heterocycles. The van der Waals surface area contributed by atoms with Crippen molar-refractivity contribution in [3.05, 3.63) is 33.8 Å². The summed E-state index contributed by atoms with van der Waals surface area (Å²) in [5.41, 5.74) is 0.674. The maximum atomic E-state index is 12.4. The van der Waals surface area contributed by atoms with Crippen LogP contribution in [0.25, 0.3) is 0 Å². The molecular formula is C13H16Cl2O3S. The average Bonchev–Trinajstić information content (AvgIpc) is 2.83. The van der Waals surface area contributed by atoms with Crippen molar-refractivity contribution < 1.29 is 13.2 Å². The van der Waals surface area contributed by atoms with Crippen LogP contribution in [0.1, 0.15) is 24.2 Å².